The normalized spacial score (nSPS) is 18.7. The van der Waals surface area contributed by atoms with E-state index in [4.69, 9.17) is 14.7 Å². The monoisotopic (exact) mass is 512 g/mol. The predicted octanol–water partition coefficient (Wildman–Crippen LogP) is 5.05. The van der Waals surface area contributed by atoms with Crippen LogP contribution in [0.3, 0.4) is 0 Å². The van der Waals surface area contributed by atoms with Gasteiger partial charge in [0.05, 0.1) is 17.8 Å². The van der Waals surface area contributed by atoms with Crippen LogP contribution in [0.15, 0.2) is 73.3 Å². The van der Waals surface area contributed by atoms with Crippen molar-refractivity contribution in [2.75, 3.05) is 31.2 Å². The van der Waals surface area contributed by atoms with E-state index in [2.05, 4.69) is 14.9 Å². The molecule has 2 saturated heterocycles. The van der Waals surface area contributed by atoms with Crippen molar-refractivity contribution in [1.82, 2.24) is 24.8 Å². The number of aromatic nitrogens is 4. The lowest BCUT2D eigenvalue weighted by Crippen LogP contribution is -2.43. The second kappa shape index (κ2) is 10.3. The zero-order chi connectivity index (χ0) is 26.0. The van der Waals surface area contributed by atoms with Crippen molar-refractivity contribution in [2.45, 2.75) is 31.9 Å². The number of piperidine rings is 1. The lowest BCUT2D eigenvalue weighted by atomic mass is 9.76. The van der Waals surface area contributed by atoms with Crippen molar-refractivity contribution in [3.63, 3.8) is 0 Å². The van der Waals surface area contributed by atoms with Gasteiger partial charge in [0.25, 0.3) is 0 Å². The van der Waals surface area contributed by atoms with Crippen molar-refractivity contribution in [3.05, 3.63) is 78.9 Å². The standard InChI is InChI=1S/C29H29FN6O2/c30-17-23-16-29(20-36(23)28(37)38-19-21-4-2-1-3-5-21)9-14-35(15-10-29)27-24-8-13-32-18-25(24)33-26(34-27)22-6-11-31-12-7-22/h1-8,11-13,18,23H,9-10,14-17,19-20H2. The summed E-state index contributed by atoms with van der Waals surface area (Å²) in [6.07, 6.45) is 8.87. The first-order valence-electron chi connectivity index (χ1n) is 12.9. The molecule has 1 spiro atoms. The number of carbonyl (C=O) groups excluding carboxylic acids is 1. The molecule has 8 nitrogen and oxygen atoms in total. The number of anilines is 1. The minimum absolute atomic E-state index is 0.128. The second-order valence-corrected chi connectivity index (χ2v) is 10.2. The molecule has 0 N–H and O–H groups in total. The SMILES string of the molecule is O=C(OCc1ccccc1)N1CC2(CCN(c3nc(-c4ccncc4)nc4cnccc34)CC2)CC1CF. The molecule has 2 aliphatic heterocycles. The molecule has 2 aliphatic rings. The maximum atomic E-state index is 14.0. The van der Waals surface area contributed by atoms with E-state index in [0.717, 1.165) is 53.8 Å². The second-order valence-electron chi connectivity index (χ2n) is 10.2. The Morgan fingerprint density at radius 3 is 2.53 bits per heavy atom. The fourth-order valence-electron chi connectivity index (χ4n) is 5.71. The Hall–Kier alpha value is -4.14. The third-order valence-electron chi connectivity index (χ3n) is 7.77. The Labute approximate surface area is 220 Å². The number of benzene rings is 1. The van der Waals surface area contributed by atoms with Gasteiger partial charge in [0.15, 0.2) is 5.82 Å². The van der Waals surface area contributed by atoms with Gasteiger partial charge >= 0.3 is 6.09 Å². The molecule has 9 heteroatoms. The van der Waals surface area contributed by atoms with Gasteiger partial charge in [0, 0.05) is 49.2 Å². The lowest BCUT2D eigenvalue weighted by Gasteiger charge is -2.40. The van der Waals surface area contributed by atoms with Crippen LogP contribution in [0.5, 0.6) is 0 Å². The summed E-state index contributed by atoms with van der Waals surface area (Å²) in [5, 5.41) is 0.952. The summed E-state index contributed by atoms with van der Waals surface area (Å²) in [5.74, 6) is 1.51. The van der Waals surface area contributed by atoms with Crippen LogP contribution in [0.25, 0.3) is 22.3 Å². The Bertz CT molecular complexity index is 1410. The molecule has 1 amide bonds. The molecule has 1 aromatic carbocycles. The Kier molecular flexibility index (Phi) is 6.57. The summed E-state index contributed by atoms with van der Waals surface area (Å²) < 4.78 is 19.6. The first-order chi connectivity index (χ1) is 18.6. The number of amides is 1. The molecule has 5 heterocycles. The number of nitrogens with zero attached hydrogens (tertiary/aromatic N) is 6. The summed E-state index contributed by atoms with van der Waals surface area (Å²) in [6, 6.07) is 14.8. The maximum Gasteiger partial charge on any atom is 0.410 e. The highest BCUT2D eigenvalue weighted by molar-refractivity contribution is 5.90. The molecular formula is C29H29FN6O2. The number of carbonyl (C=O) groups is 1. The van der Waals surface area contributed by atoms with Crippen LogP contribution in [-0.2, 0) is 11.3 Å². The highest BCUT2D eigenvalue weighted by Crippen LogP contribution is 2.45. The number of ether oxygens (including phenoxy) is 1. The van der Waals surface area contributed by atoms with E-state index >= 15 is 0 Å². The first kappa shape index (κ1) is 24.2. The number of alkyl halides is 1. The summed E-state index contributed by atoms with van der Waals surface area (Å²) in [6.45, 7) is 1.65. The maximum absolute atomic E-state index is 14.0. The number of likely N-dealkylation sites (tertiary alicyclic amines) is 1. The smallest absolute Gasteiger partial charge is 0.410 e. The molecule has 0 radical (unpaired) electrons. The van der Waals surface area contributed by atoms with E-state index in [1.165, 1.54) is 0 Å². The molecule has 2 fully saturated rings. The van der Waals surface area contributed by atoms with E-state index in [1.807, 2.05) is 48.5 Å². The van der Waals surface area contributed by atoms with Gasteiger partial charge in [-0.05, 0) is 48.4 Å². The molecule has 3 aromatic heterocycles. The van der Waals surface area contributed by atoms with E-state index in [9.17, 15) is 9.18 Å². The Balaban J connectivity index is 1.18. The van der Waals surface area contributed by atoms with Crippen LogP contribution in [0.2, 0.25) is 0 Å². The predicted molar refractivity (Wildman–Crippen MR) is 142 cm³/mol. The molecule has 4 aromatic rings. The summed E-state index contributed by atoms with van der Waals surface area (Å²) >= 11 is 0. The summed E-state index contributed by atoms with van der Waals surface area (Å²) in [7, 11) is 0. The zero-order valence-electron chi connectivity index (χ0n) is 21.0. The minimum Gasteiger partial charge on any atom is -0.445 e. The molecule has 38 heavy (non-hydrogen) atoms. The van der Waals surface area contributed by atoms with Crippen molar-refractivity contribution in [3.8, 4) is 11.4 Å². The van der Waals surface area contributed by atoms with Gasteiger partial charge in [-0.2, -0.15) is 0 Å². The first-order valence-corrected chi connectivity index (χ1v) is 12.9. The Morgan fingerprint density at radius 1 is 1.00 bits per heavy atom. The molecule has 6 rings (SSSR count). The fraction of sp³-hybridized carbons (Fsp3) is 0.345. The van der Waals surface area contributed by atoms with Crippen LogP contribution in [0.1, 0.15) is 24.8 Å². The zero-order valence-corrected chi connectivity index (χ0v) is 21.0. The van der Waals surface area contributed by atoms with Gasteiger partial charge in [0.2, 0.25) is 0 Å². The molecule has 0 aliphatic carbocycles. The van der Waals surface area contributed by atoms with Crippen LogP contribution in [-0.4, -0.2) is 63.3 Å². The van der Waals surface area contributed by atoms with Crippen molar-refractivity contribution < 1.29 is 13.9 Å². The van der Waals surface area contributed by atoms with Gasteiger partial charge < -0.3 is 14.5 Å². The average Bonchev–Trinajstić information content (AvgIpc) is 3.35. The largest absolute Gasteiger partial charge is 0.445 e. The van der Waals surface area contributed by atoms with Gasteiger partial charge in [0.1, 0.15) is 19.1 Å². The number of hydrogen-bond donors (Lipinski definition) is 0. The van der Waals surface area contributed by atoms with Gasteiger partial charge in [-0.3, -0.25) is 9.97 Å². The Morgan fingerprint density at radius 2 is 1.76 bits per heavy atom. The third-order valence-corrected chi connectivity index (χ3v) is 7.77. The number of fused-ring (bicyclic) bond motifs is 1. The topological polar surface area (TPSA) is 84.3 Å². The van der Waals surface area contributed by atoms with E-state index < -0.39 is 18.8 Å². The molecule has 0 saturated carbocycles. The van der Waals surface area contributed by atoms with Crippen LogP contribution >= 0.6 is 0 Å². The van der Waals surface area contributed by atoms with Crippen molar-refractivity contribution in [2.24, 2.45) is 5.41 Å². The highest BCUT2D eigenvalue weighted by atomic mass is 19.1. The lowest BCUT2D eigenvalue weighted by molar-refractivity contribution is 0.0841. The average molecular weight is 513 g/mol. The van der Waals surface area contributed by atoms with Gasteiger partial charge in [-0.15, -0.1) is 0 Å². The third kappa shape index (κ3) is 4.76. The number of rotatable bonds is 5. The van der Waals surface area contributed by atoms with Crippen molar-refractivity contribution in [1.29, 1.82) is 0 Å². The van der Waals surface area contributed by atoms with E-state index in [-0.39, 0.29) is 12.0 Å². The fourth-order valence-corrected chi connectivity index (χ4v) is 5.71. The van der Waals surface area contributed by atoms with E-state index in [0.29, 0.717) is 18.8 Å². The summed E-state index contributed by atoms with van der Waals surface area (Å²) in [4.78, 5) is 34.9. The molecule has 194 valence electrons. The molecule has 0 bridgehead atoms. The van der Waals surface area contributed by atoms with Crippen LogP contribution in [0.4, 0.5) is 15.0 Å². The minimum atomic E-state index is -0.565. The molecular weight excluding hydrogens is 483 g/mol. The number of pyridine rings is 2. The van der Waals surface area contributed by atoms with Crippen LogP contribution in [0, 0.1) is 5.41 Å². The molecule has 1 unspecified atom stereocenters. The molecule has 1 atom stereocenters. The van der Waals surface area contributed by atoms with Crippen LogP contribution < -0.4 is 4.90 Å². The quantitative estimate of drug-likeness (QED) is 0.370. The van der Waals surface area contributed by atoms with Gasteiger partial charge in [-0.25, -0.2) is 19.2 Å². The number of halogens is 1. The van der Waals surface area contributed by atoms with Gasteiger partial charge in [-0.1, -0.05) is 30.3 Å². The van der Waals surface area contributed by atoms with E-state index in [1.54, 1.807) is 29.7 Å². The summed E-state index contributed by atoms with van der Waals surface area (Å²) in [5.41, 5.74) is 2.47. The van der Waals surface area contributed by atoms with Crippen molar-refractivity contribution >= 4 is 22.8 Å². The number of hydrogen-bond acceptors (Lipinski definition) is 7. The highest BCUT2D eigenvalue weighted by Gasteiger charge is 2.48.